The molecule has 35 heavy (non-hydrogen) atoms. The highest BCUT2D eigenvalue weighted by atomic mass is 32.1. The topological polar surface area (TPSA) is 92.3 Å². The summed E-state index contributed by atoms with van der Waals surface area (Å²) in [5, 5.41) is 0.542. The molecule has 0 radical (unpaired) electrons. The van der Waals surface area contributed by atoms with Crippen LogP contribution in [0.4, 0.5) is 10.8 Å². The Balaban J connectivity index is 1.68. The van der Waals surface area contributed by atoms with Crippen LogP contribution in [0.5, 0.6) is 11.5 Å². The second-order valence-electron chi connectivity index (χ2n) is 8.43. The van der Waals surface area contributed by atoms with Crippen LogP contribution >= 0.6 is 11.3 Å². The molecule has 1 saturated heterocycles. The Morgan fingerprint density at radius 1 is 0.971 bits per heavy atom. The zero-order valence-corrected chi connectivity index (χ0v) is 21.1. The fourth-order valence-corrected chi connectivity index (χ4v) is 5.09. The molecule has 3 aromatic rings. The van der Waals surface area contributed by atoms with Crippen LogP contribution in [0.15, 0.2) is 36.4 Å². The molecule has 0 bridgehead atoms. The van der Waals surface area contributed by atoms with E-state index in [0.29, 0.717) is 39.9 Å². The predicted octanol–water partition coefficient (Wildman–Crippen LogP) is 3.57. The maximum absolute atomic E-state index is 13.6. The van der Waals surface area contributed by atoms with E-state index in [1.165, 1.54) is 16.2 Å². The summed E-state index contributed by atoms with van der Waals surface area (Å²) in [6, 6.07) is 10.2. The second-order valence-corrected chi connectivity index (χ2v) is 9.41. The standard InChI is InChI=1S/C25H28N4O5S/c1-27(2)14-5-15-28(25-26-22-18(33-3)10-11-19(34-4)23(22)35-25)24(32)16-6-8-17(9-7-16)29-20(30)12-13-21(29)31/h6-11H,5,12-15H2,1-4H3. The van der Waals surface area contributed by atoms with Gasteiger partial charge in [0.25, 0.3) is 5.91 Å². The van der Waals surface area contributed by atoms with Crippen molar-refractivity contribution in [2.45, 2.75) is 19.3 Å². The van der Waals surface area contributed by atoms with Gasteiger partial charge in [-0.05, 0) is 63.5 Å². The van der Waals surface area contributed by atoms with Crippen molar-refractivity contribution in [2.24, 2.45) is 0 Å². The Hall–Kier alpha value is -3.50. The number of benzene rings is 2. The summed E-state index contributed by atoms with van der Waals surface area (Å²) >= 11 is 1.37. The molecule has 0 unspecified atom stereocenters. The summed E-state index contributed by atoms with van der Waals surface area (Å²) in [4.78, 5) is 47.4. The quantitative estimate of drug-likeness (QED) is 0.418. The number of ether oxygens (including phenoxy) is 2. The van der Waals surface area contributed by atoms with Gasteiger partial charge in [-0.1, -0.05) is 11.3 Å². The van der Waals surface area contributed by atoms with Crippen molar-refractivity contribution in [3.05, 3.63) is 42.0 Å². The van der Waals surface area contributed by atoms with Gasteiger partial charge in [0.05, 0.1) is 19.9 Å². The summed E-state index contributed by atoms with van der Waals surface area (Å²) in [5.74, 6) is 0.600. The zero-order valence-electron chi connectivity index (χ0n) is 20.2. The highest BCUT2D eigenvalue weighted by Crippen LogP contribution is 2.40. The molecule has 4 rings (SSSR count). The molecule has 3 amide bonds. The molecule has 0 saturated carbocycles. The van der Waals surface area contributed by atoms with Gasteiger partial charge < -0.3 is 14.4 Å². The number of carbonyl (C=O) groups is 3. The third kappa shape index (κ3) is 4.98. The van der Waals surface area contributed by atoms with Crippen LogP contribution in [-0.2, 0) is 9.59 Å². The number of carbonyl (C=O) groups excluding carboxylic acids is 3. The van der Waals surface area contributed by atoms with E-state index in [2.05, 4.69) is 4.90 Å². The van der Waals surface area contributed by atoms with Crippen LogP contribution in [0, 0.1) is 0 Å². The van der Waals surface area contributed by atoms with Gasteiger partial charge in [0.1, 0.15) is 21.7 Å². The van der Waals surface area contributed by atoms with Gasteiger partial charge in [-0.3, -0.25) is 24.2 Å². The molecule has 1 fully saturated rings. The fourth-order valence-electron chi connectivity index (χ4n) is 3.99. The van der Waals surface area contributed by atoms with Gasteiger partial charge >= 0.3 is 0 Å². The molecule has 184 valence electrons. The number of hydrogen-bond acceptors (Lipinski definition) is 8. The lowest BCUT2D eigenvalue weighted by atomic mass is 10.1. The number of anilines is 2. The molecule has 1 aliphatic heterocycles. The van der Waals surface area contributed by atoms with Crippen LogP contribution in [0.25, 0.3) is 10.2 Å². The van der Waals surface area contributed by atoms with E-state index in [9.17, 15) is 14.4 Å². The number of rotatable bonds is 9. The molecule has 10 heteroatoms. The molecule has 0 atom stereocenters. The van der Waals surface area contributed by atoms with Gasteiger partial charge in [-0.25, -0.2) is 4.98 Å². The first-order valence-electron chi connectivity index (χ1n) is 11.3. The van der Waals surface area contributed by atoms with Crippen molar-refractivity contribution in [3.63, 3.8) is 0 Å². The largest absolute Gasteiger partial charge is 0.495 e. The SMILES string of the molecule is COc1ccc(OC)c2sc(N(CCCN(C)C)C(=O)c3ccc(N4C(=O)CCC4=O)cc3)nc12. The van der Waals surface area contributed by atoms with E-state index in [1.807, 2.05) is 20.2 Å². The van der Waals surface area contributed by atoms with Crippen LogP contribution in [0.3, 0.4) is 0 Å². The summed E-state index contributed by atoms with van der Waals surface area (Å²) in [6.07, 6.45) is 1.17. The maximum Gasteiger partial charge on any atom is 0.260 e. The van der Waals surface area contributed by atoms with Crippen molar-refractivity contribution >= 4 is 50.1 Å². The lowest BCUT2D eigenvalue weighted by Gasteiger charge is -2.21. The van der Waals surface area contributed by atoms with E-state index in [4.69, 9.17) is 14.5 Å². The number of thiazole rings is 1. The van der Waals surface area contributed by atoms with E-state index in [1.54, 1.807) is 49.5 Å². The minimum absolute atomic E-state index is 0.212. The van der Waals surface area contributed by atoms with Crippen molar-refractivity contribution in [1.82, 2.24) is 9.88 Å². The number of fused-ring (bicyclic) bond motifs is 1. The summed E-state index contributed by atoms with van der Waals surface area (Å²) in [7, 11) is 7.15. The van der Waals surface area contributed by atoms with Crippen LogP contribution in [-0.4, -0.2) is 69.0 Å². The molecule has 0 N–H and O–H groups in total. The van der Waals surface area contributed by atoms with E-state index >= 15 is 0 Å². The van der Waals surface area contributed by atoms with Crippen molar-refractivity contribution in [2.75, 3.05) is 51.2 Å². The summed E-state index contributed by atoms with van der Waals surface area (Å²) < 4.78 is 11.8. The monoisotopic (exact) mass is 496 g/mol. The maximum atomic E-state index is 13.6. The van der Waals surface area contributed by atoms with Gasteiger partial charge in [0.15, 0.2) is 5.13 Å². The first kappa shape index (κ1) is 24.6. The average Bonchev–Trinajstić information content (AvgIpc) is 3.44. The number of hydrogen-bond donors (Lipinski definition) is 0. The Morgan fingerprint density at radius 2 is 1.60 bits per heavy atom. The number of methoxy groups -OCH3 is 2. The van der Waals surface area contributed by atoms with Crippen molar-refractivity contribution in [1.29, 1.82) is 0 Å². The Bertz CT molecular complexity index is 1200. The average molecular weight is 497 g/mol. The first-order valence-corrected chi connectivity index (χ1v) is 12.1. The lowest BCUT2D eigenvalue weighted by Crippen LogP contribution is -2.33. The fraction of sp³-hybridized carbons (Fsp3) is 0.360. The summed E-state index contributed by atoms with van der Waals surface area (Å²) in [6.45, 7) is 1.27. The third-order valence-corrected chi connectivity index (χ3v) is 6.88. The molecule has 0 aliphatic carbocycles. The van der Waals surface area contributed by atoms with Crippen LogP contribution in [0.2, 0.25) is 0 Å². The van der Waals surface area contributed by atoms with E-state index in [0.717, 1.165) is 17.7 Å². The minimum atomic E-state index is -0.225. The smallest absolute Gasteiger partial charge is 0.260 e. The van der Waals surface area contributed by atoms with Gasteiger partial charge in [-0.2, -0.15) is 0 Å². The predicted molar refractivity (Wildman–Crippen MR) is 136 cm³/mol. The number of imide groups is 1. The van der Waals surface area contributed by atoms with Crippen LogP contribution in [0.1, 0.15) is 29.6 Å². The summed E-state index contributed by atoms with van der Waals surface area (Å²) in [5.41, 5.74) is 1.55. The van der Waals surface area contributed by atoms with Gasteiger partial charge in [-0.15, -0.1) is 0 Å². The van der Waals surface area contributed by atoms with Gasteiger partial charge in [0, 0.05) is 24.9 Å². The highest BCUT2D eigenvalue weighted by molar-refractivity contribution is 7.22. The Labute approximate surface area is 207 Å². The lowest BCUT2D eigenvalue weighted by molar-refractivity contribution is -0.121. The molecule has 1 aliphatic rings. The Kier molecular flexibility index (Phi) is 7.32. The molecule has 2 aromatic carbocycles. The van der Waals surface area contributed by atoms with Crippen LogP contribution < -0.4 is 19.3 Å². The number of nitrogens with zero attached hydrogens (tertiary/aromatic N) is 4. The second kappa shape index (κ2) is 10.4. The molecule has 2 heterocycles. The van der Waals surface area contributed by atoms with E-state index in [-0.39, 0.29) is 30.6 Å². The Morgan fingerprint density at radius 3 is 2.20 bits per heavy atom. The zero-order chi connectivity index (χ0) is 25.1. The minimum Gasteiger partial charge on any atom is -0.495 e. The molecular weight excluding hydrogens is 468 g/mol. The van der Waals surface area contributed by atoms with E-state index < -0.39 is 0 Å². The van der Waals surface area contributed by atoms with Gasteiger partial charge in [0.2, 0.25) is 11.8 Å². The van der Waals surface area contributed by atoms with Crippen molar-refractivity contribution < 1.29 is 23.9 Å². The molecule has 1 aromatic heterocycles. The number of amides is 3. The number of aromatic nitrogens is 1. The highest BCUT2D eigenvalue weighted by Gasteiger charge is 2.30. The first-order chi connectivity index (χ1) is 16.8. The normalized spacial score (nSPS) is 13.7. The molecule has 0 spiro atoms. The van der Waals surface area contributed by atoms with Crippen molar-refractivity contribution in [3.8, 4) is 11.5 Å². The molecular formula is C25H28N4O5S. The third-order valence-electron chi connectivity index (χ3n) is 5.79. The molecule has 9 nitrogen and oxygen atoms in total.